The quantitative estimate of drug-likeness (QED) is 0.862. The lowest BCUT2D eigenvalue weighted by Gasteiger charge is -2.12. The van der Waals surface area contributed by atoms with Crippen molar-refractivity contribution >= 4 is 10.3 Å². The molecule has 5 heteroatoms. The maximum absolute atomic E-state index is 10.7. The minimum Gasteiger partial charge on any atom is -0.258 e. The molecule has 18 heavy (non-hydrogen) atoms. The van der Waals surface area contributed by atoms with Crippen LogP contribution in [0, 0.1) is 5.92 Å². The second-order valence-electron chi connectivity index (χ2n) is 5.02. The van der Waals surface area contributed by atoms with Crippen molar-refractivity contribution in [2.24, 2.45) is 11.1 Å². The molecule has 0 radical (unpaired) electrons. The summed E-state index contributed by atoms with van der Waals surface area (Å²) in [4.78, 5) is 0. The van der Waals surface area contributed by atoms with E-state index >= 15 is 0 Å². The van der Waals surface area contributed by atoms with Crippen LogP contribution < -0.4 is 5.14 Å². The Morgan fingerprint density at radius 1 is 1.17 bits per heavy atom. The third-order valence-electron chi connectivity index (χ3n) is 2.68. The molecule has 1 aromatic carbocycles. The molecule has 1 rings (SSSR count). The SMILES string of the molecule is CC(C)Cc1ccc(C(C)COS(N)(=O)=O)cc1. The van der Waals surface area contributed by atoms with E-state index in [1.807, 2.05) is 19.1 Å². The van der Waals surface area contributed by atoms with Crippen LogP contribution in [-0.2, 0) is 20.9 Å². The molecule has 1 unspecified atom stereocenters. The van der Waals surface area contributed by atoms with E-state index in [9.17, 15) is 8.42 Å². The van der Waals surface area contributed by atoms with Crippen LogP contribution >= 0.6 is 0 Å². The first-order valence-electron chi connectivity index (χ1n) is 6.04. The van der Waals surface area contributed by atoms with Crippen molar-refractivity contribution in [3.63, 3.8) is 0 Å². The Hall–Kier alpha value is -0.910. The van der Waals surface area contributed by atoms with Gasteiger partial charge >= 0.3 is 10.3 Å². The largest absolute Gasteiger partial charge is 0.333 e. The molecular formula is C13H21NO3S. The maximum atomic E-state index is 10.7. The van der Waals surface area contributed by atoms with Gasteiger partial charge in [0, 0.05) is 5.92 Å². The first-order chi connectivity index (χ1) is 8.28. The highest BCUT2D eigenvalue weighted by Gasteiger charge is 2.10. The van der Waals surface area contributed by atoms with E-state index in [2.05, 4.69) is 30.2 Å². The minimum atomic E-state index is -3.85. The van der Waals surface area contributed by atoms with E-state index in [-0.39, 0.29) is 12.5 Å². The lowest BCUT2D eigenvalue weighted by atomic mass is 9.97. The van der Waals surface area contributed by atoms with Gasteiger partial charge in [-0.05, 0) is 23.5 Å². The van der Waals surface area contributed by atoms with Crippen molar-refractivity contribution in [1.29, 1.82) is 0 Å². The van der Waals surface area contributed by atoms with Gasteiger partial charge in [-0.2, -0.15) is 8.42 Å². The smallest absolute Gasteiger partial charge is 0.258 e. The van der Waals surface area contributed by atoms with Gasteiger partial charge in [-0.3, -0.25) is 4.18 Å². The van der Waals surface area contributed by atoms with Gasteiger partial charge in [0.05, 0.1) is 6.61 Å². The zero-order valence-electron chi connectivity index (χ0n) is 11.1. The highest BCUT2D eigenvalue weighted by Crippen LogP contribution is 2.18. The van der Waals surface area contributed by atoms with Crippen molar-refractivity contribution in [2.45, 2.75) is 33.1 Å². The standard InChI is InChI=1S/C13H21NO3S/c1-10(2)8-12-4-6-13(7-5-12)11(3)9-17-18(14,15)16/h4-7,10-11H,8-9H2,1-3H3,(H2,14,15,16). The third-order valence-corrected chi connectivity index (χ3v) is 3.14. The van der Waals surface area contributed by atoms with Gasteiger partial charge in [-0.25, -0.2) is 5.14 Å². The lowest BCUT2D eigenvalue weighted by Crippen LogP contribution is -2.18. The normalized spacial score (nSPS) is 13.8. The Morgan fingerprint density at radius 2 is 1.72 bits per heavy atom. The number of rotatable bonds is 6. The van der Waals surface area contributed by atoms with Crippen molar-refractivity contribution in [3.05, 3.63) is 35.4 Å². The number of hydrogen-bond acceptors (Lipinski definition) is 3. The molecule has 102 valence electrons. The van der Waals surface area contributed by atoms with E-state index in [1.54, 1.807) is 0 Å². The molecule has 0 saturated carbocycles. The van der Waals surface area contributed by atoms with Gasteiger partial charge in [0.2, 0.25) is 0 Å². The molecule has 2 N–H and O–H groups in total. The lowest BCUT2D eigenvalue weighted by molar-refractivity contribution is 0.299. The van der Waals surface area contributed by atoms with Crippen molar-refractivity contribution < 1.29 is 12.6 Å². The average Bonchev–Trinajstić information content (AvgIpc) is 2.25. The second-order valence-corrected chi connectivity index (χ2v) is 6.24. The molecule has 0 amide bonds. The molecule has 0 aromatic heterocycles. The summed E-state index contributed by atoms with van der Waals surface area (Å²) in [5.74, 6) is 0.621. The summed E-state index contributed by atoms with van der Waals surface area (Å²) in [7, 11) is -3.85. The van der Waals surface area contributed by atoms with Gasteiger partial charge in [0.15, 0.2) is 0 Å². The first kappa shape index (κ1) is 15.1. The fraction of sp³-hybridized carbons (Fsp3) is 0.538. The highest BCUT2D eigenvalue weighted by atomic mass is 32.2. The van der Waals surface area contributed by atoms with Gasteiger partial charge in [0.25, 0.3) is 0 Å². The van der Waals surface area contributed by atoms with Crippen LogP contribution in [0.25, 0.3) is 0 Å². The van der Waals surface area contributed by atoms with Crippen molar-refractivity contribution in [3.8, 4) is 0 Å². The molecule has 0 aliphatic heterocycles. The van der Waals surface area contributed by atoms with E-state index < -0.39 is 10.3 Å². The molecule has 1 atom stereocenters. The summed E-state index contributed by atoms with van der Waals surface area (Å²) in [6, 6.07) is 8.16. The molecular weight excluding hydrogens is 250 g/mol. The predicted molar refractivity (Wildman–Crippen MR) is 72.5 cm³/mol. The molecule has 4 nitrogen and oxygen atoms in total. The van der Waals surface area contributed by atoms with Crippen molar-refractivity contribution in [1.82, 2.24) is 0 Å². The van der Waals surface area contributed by atoms with Crippen LogP contribution in [-0.4, -0.2) is 15.0 Å². The monoisotopic (exact) mass is 271 g/mol. The Labute approximate surface area is 109 Å². The summed E-state index contributed by atoms with van der Waals surface area (Å²) in [6.07, 6.45) is 1.04. The number of hydrogen-bond donors (Lipinski definition) is 1. The van der Waals surface area contributed by atoms with Crippen LogP contribution in [0.4, 0.5) is 0 Å². The van der Waals surface area contributed by atoms with E-state index in [0.717, 1.165) is 12.0 Å². The predicted octanol–water partition coefficient (Wildman–Crippen LogP) is 2.21. The Balaban J connectivity index is 2.61. The Morgan fingerprint density at radius 3 is 2.17 bits per heavy atom. The van der Waals surface area contributed by atoms with Crippen LogP contribution in [0.5, 0.6) is 0 Å². The summed E-state index contributed by atoms with van der Waals surface area (Å²) in [5, 5.41) is 4.79. The molecule has 0 aliphatic carbocycles. The molecule has 1 aromatic rings. The molecule has 0 heterocycles. The minimum absolute atomic E-state index is 0.00331. The van der Waals surface area contributed by atoms with Crippen molar-refractivity contribution in [2.75, 3.05) is 6.61 Å². The number of nitrogens with two attached hydrogens (primary N) is 1. The fourth-order valence-corrected chi connectivity index (χ4v) is 2.14. The molecule has 0 bridgehead atoms. The highest BCUT2D eigenvalue weighted by molar-refractivity contribution is 7.84. The Bertz CT molecular complexity index is 466. The van der Waals surface area contributed by atoms with E-state index in [0.29, 0.717) is 5.92 Å². The zero-order chi connectivity index (χ0) is 13.8. The fourth-order valence-electron chi connectivity index (χ4n) is 1.75. The molecule has 0 spiro atoms. The van der Waals surface area contributed by atoms with Gasteiger partial charge in [0.1, 0.15) is 0 Å². The van der Waals surface area contributed by atoms with Gasteiger partial charge in [-0.15, -0.1) is 0 Å². The van der Waals surface area contributed by atoms with E-state index in [1.165, 1.54) is 5.56 Å². The van der Waals surface area contributed by atoms with Gasteiger partial charge < -0.3 is 0 Å². The first-order valence-corrected chi connectivity index (χ1v) is 7.51. The summed E-state index contributed by atoms with van der Waals surface area (Å²) in [5.41, 5.74) is 2.33. The average molecular weight is 271 g/mol. The third kappa shape index (κ3) is 5.62. The summed E-state index contributed by atoms with van der Waals surface area (Å²) in [6.45, 7) is 6.33. The zero-order valence-corrected chi connectivity index (χ0v) is 11.9. The summed E-state index contributed by atoms with van der Waals surface area (Å²) < 4.78 is 26.0. The summed E-state index contributed by atoms with van der Waals surface area (Å²) >= 11 is 0. The molecule has 0 fully saturated rings. The second kappa shape index (κ2) is 6.31. The van der Waals surface area contributed by atoms with Crippen LogP contribution in [0.1, 0.15) is 37.8 Å². The van der Waals surface area contributed by atoms with E-state index in [4.69, 9.17) is 5.14 Å². The molecule has 0 saturated heterocycles. The Kier molecular flexibility index (Phi) is 5.31. The maximum Gasteiger partial charge on any atom is 0.333 e. The van der Waals surface area contributed by atoms with Gasteiger partial charge in [-0.1, -0.05) is 45.0 Å². The molecule has 0 aliphatic rings. The topological polar surface area (TPSA) is 69.4 Å². The van der Waals surface area contributed by atoms with Crippen LogP contribution in [0.15, 0.2) is 24.3 Å². The number of benzene rings is 1. The van der Waals surface area contributed by atoms with Crippen LogP contribution in [0.2, 0.25) is 0 Å². The van der Waals surface area contributed by atoms with Crippen LogP contribution in [0.3, 0.4) is 0 Å².